The molecule has 1 atom stereocenters. The lowest BCUT2D eigenvalue weighted by atomic mass is 10.3. The summed E-state index contributed by atoms with van der Waals surface area (Å²) in [5.41, 5.74) is 0.680. The molecule has 0 aliphatic carbocycles. The Balaban J connectivity index is 1.99. The maximum atomic E-state index is 13.4. The zero-order valence-electron chi connectivity index (χ0n) is 10.8. The highest BCUT2D eigenvalue weighted by atomic mass is 127. The fourth-order valence-electron chi connectivity index (χ4n) is 1.56. The second-order valence-electron chi connectivity index (χ2n) is 4.19. The second kappa shape index (κ2) is 6.69. The molecule has 5 heteroatoms. The predicted octanol–water partition coefficient (Wildman–Crippen LogP) is 3.84. The molecule has 0 aliphatic heterocycles. The van der Waals surface area contributed by atoms with E-state index >= 15 is 0 Å². The topological polar surface area (TPSA) is 38.3 Å². The molecule has 0 radical (unpaired) electrons. The van der Waals surface area contributed by atoms with Gasteiger partial charge in [0.25, 0.3) is 5.91 Å². The third kappa shape index (κ3) is 3.93. The lowest BCUT2D eigenvalue weighted by Crippen LogP contribution is -2.30. The molecule has 0 spiro atoms. The molecule has 3 nitrogen and oxygen atoms in total. The summed E-state index contributed by atoms with van der Waals surface area (Å²) in [5.74, 6) is -0.742. The van der Waals surface area contributed by atoms with Gasteiger partial charge in [0, 0.05) is 9.26 Å². The monoisotopic (exact) mass is 385 g/mol. The molecule has 1 N–H and O–H groups in total. The first-order valence-electron chi connectivity index (χ1n) is 6.04. The van der Waals surface area contributed by atoms with Gasteiger partial charge in [0.1, 0.15) is 0 Å². The van der Waals surface area contributed by atoms with E-state index in [1.807, 2.05) is 12.1 Å². The van der Waals surface area contributed by atoms with Crippen molar-refractivity contribution in [1.29, 1.82) is 0 Å². The molecule has 0 aliphatic rings. The number of carbonyl (C=O) groups excluding carboxylic acids is 1. The summed E-state index contributed by atoms with van der Waals surface area (Å²) in [6.07, 6.45) is -0.786. The van der Waals surface area contributed by atoms with E-state index in [0.29, 0.717) is 5.69 Å². The van der Waals surface area contributed by atoms with Crippen LogP contribution in [0.3, 0.4) is 0 Å². The molecule has 1 amide bonds. The van der Waals surface area contributed by atoms with Crippen LogP contribution in [-0.2, 0) is 4.79 Å². The standard InChI is InChI=1S/C15H13FINO2/c1-10(20-14-5-3-2-4-13(14)16)15(19)18-12-8-6-11(17)7-9-12/h2-10H,1H3,(H,18,19). The maximum absolute atomic E-state index is 13.4. The number of benzene rings is 2. The van der Waals surface area contributed by atoms with Gasteiger partial charge in [-0.1, -0.05) is 12.1 Å². The van der Waals surface area contributed by atoms with Gasteiger partial charge in [-0.2, -0.15) is 0 Å². The summed E-state index contributed by atoms with van der Waals surface area (Å²) in [7, 11) is 0. The molecule has 1 unspecified atom stereocenters. The molecule has 104 valence electrons. The minimum absolute atomic E-state index is 0.0674. The van der Waals surface area contributed by atoms with E-state index in [0.717, 1.165) is 3.57 Å². The number of para-hydroxylation sites is 1. The summed E-state index contributed by atoms with van der Waals surface area (Å²) in [4.78, 5) is 12.0. The van der Waals surface area contributed by atoms with Gasteiger partial charge in [-0.25, -0.2) is 4.39 Å². The Morgan fingerprint density at radius 2 is 1.85 bits per heavy atom. The van der Waals surface area contributed by atoms with Crippen LogP contribution in [0.4, 0.5) is 10.1 Å². The SMILES string of the molecule is CC(Oc1ccccc1F)C(=O)Nc1ccc(I)cc1. The highest BCUT2D eigenvalue weighted by Crippen LogP contribution is 2.18. The Labute approximate surface area is 130 Å². The van der Waals surface area contributed by atoms with E-state index in [1.54, 1.807) is 31.2 Å². The van der Waals surface area contributed by atoms with Crippen LogP contribution in [0.25, 0.3) is 0 Å². The summed E-state index contributed by atoms with van der Waals surface area (Å²) in [6.45, 7) is 1.58. The molecular formula is C15H13FINO2. The van der Waals surface area contributed by atoms with Crippen LogP contribution < -0.4 is 10.1 Å². The average molecular weight is 385 g/mol. The van der Waals surface area contributed by atoms with Crippen molar-refractivity contribution in [3.05, 3.63) is 57.9 Å². The molecule has 0 bridgehead atoms. The van der Waals surface area contributed by atoms with E-state index in [1.165, 1.54) is 12.1 Å². The smallest absolute Gasteiger partial charge is 0.265 e. The van der Waals surface area contributed by atoms with Crippen molar-refractivity contribution < 1.29 is 13.9 Å². The third-order valence-electron chi connectivity index (χ3n) is 2.62. The van der Waals surface area contributed by atoms with Gasteiger partial charge in [-0.3, -0.25) is 4.79 Å². The van der Waals surface area contributed by atoms with Crippen molar-refractivity contribution in [2.24, 2.45) is 0 Å². The van der Waals surface area contributed by atoms with Crippen LogP contribution in [0, 0.1) is 9.39 Å². The molecule has 0 aromatic heterocycles. The normalized spacial score (nSPS) is 11.8. The summed E-state index contributed by atoms with van der Waals surface area (Å²) in [5, 5.41) is 2.72. The van der Waals surface area contributed by atoms with Crippen molar-refractivity contribution in [2.75, 3.05) is 5.32 Å². The molecule has 0 fully saturated rings. The largest absolute Gasteiger partial charge is 0.478 e. The van der Waals surface area contributed by atoms with Crippen LogP contribution in [0.2, 0.25) is 0 Å². The van der Waals surface area contributed by atoms with Crippen molar-refractivity contribution in [2.45, 2.75) is 13.0 Å². The molecule has 0 saturated carbocycles. The van der Waals surface area contributed by atoms with Crippen LogP contribution >= 0.6 is 22.6 Å². The van der Waals surface area contributed by atoms with Crippen LogP contribution in [0.1, 0.15) is 6.92 Å². The Kier molecular flexibility index (Phi) is 4.94. The zero-order chi connectivity index (χ0) is 14.5. The summed E-state index contributed by atoms with van der Waals surface area (Å²) < 4.78 is 19.8. The van der Waals surface area contributed by atoms with Gasteiger partial charge in [-0.15, -0.1) is 0 Å². The van der Waals surface area contributed by atoms with Crippen LogP contribution in [0.15, 0.2) is 48.5 Å². The van der Waals surface area contributed by atoms with E-state index in [-0.39, 0.29) is 11.7 Å². The molecule has 2 rings (SSSR count). The first kappa shape index (κ1) is 14.8. The van der Waals surface area contributed by atoms with Crippen molar-refractivity contribution in [3.8, 4) is 5.75 Å². The number of amides is 1. The molecule has 0 saturated heterocycles. The Morgan fingerprint density at radius 1 is 1.20 bits per heavy atom. The van der Waals surface area contributed by atoms with Gasteiger partial charge < -0.3 is 10.1 Å². The zero-order valence-corrected chi connectivity index (χ0v) is 12.9. The van der Waals surface area contributed by atoms with Crippen molar-refractivity contribution >= 4 is 34.2 Å². The fraction of sp³-hybridized carbons (Fsp3) is 0.133. The highest BCUT2D eigenvalue weighted by molar-refractivity contribution is 14.1. The van der Waals surface area contributed by atoms with Gasteiger partial charge in [0.2, 0.25) is 0 Å². The predicted molar refractivity (Wildman–Crippen MR) is 84.3 cm³/mol. The molecule has 0 heterocycles. The number of halogens is 2. The Bertz CT molecular complexity index is 601. The number of hydrogen-bond acceptors (Lipinski definition) is 2. The molecular weight excluding hydrogens is 372 g/mol. The van der Waals surface area contributed by atoms with Gasteiger partial charge in [0.15, 0.2) is 17.7 Å². The molecule has 2 aromatic carbocycles. The lowest BCUT2D eigenvalue weighted by Gasteiger charge is -2.15. The Morgan fingerprint density at radius 3 is 2.50 bits per heavy atom. The fourth-order valence-corrected chi connectivity index (χ4v) is 1.92. The van der Waals surface area contributed by atoms with E-state index in [9.17, 15) is 9.18 Å². The highest BCUT2D eigenvalue weighted by Gasteiger charge is 2.16. The first-order chi connectivity index (χ1) is 9.56. The summed E-state index contributed by atoms with van der Waals surface area (Å²) >= 11 is 2.18. The number of ether oxygens (including phenoxy) is 1. The van der Waals surface area contributed by atoms with Crippen LogP contribution in [-0.4, -0.2) is 12.0 Å². The molecule has 20 heavy (non-hydrogen) atoms. The van der Waals surface area contributed by atoms with E-state index in [2.05, 4.69) is 27.9 Å². The number of anilines is 1. The molecule has 2 aromatic rings. The van der Waals surface area contributed by atoms with E-state index in [4.69, 9.17) is 4.74 Å². The van der Waals surface area contributed by atoms with Crippen LogP contribution in [0.5, 0.6) is 5.75 Å². The maximum Gasteiger partial charge on any atom is 0.265 e. The number of carbonyl (C=O) groups is 1. The van der Waals surface area contributed by atoms with Gasteiger partial charge >= 0.3 is 0 Å². The number of rotatable bonds is 4. The minimum Gasteiger partial charge on any atom is -0.478 e. The van der Waals surface area contributed by atoms with Crippen molar-refractivity contribution in [3.63, 3.8) is 0 Å². The third-order valence-corrected chi connectivity index (χ3v) is 3.34. The number of nitrogens with one attached hydrogen (secondary N) is 1. The summed E-state index contributed by atoms with van der Waals surface area (Å²) in [6, 6.07) is 13.4. The second-order valence-corrected chi connectivity index (χ2v) is 5.43. The van der Waals surface area contributed by atoms with Gasteiger partial charge in [0.05, 0.1) is 0 Å². The average Bonchev–Trinajstić information content (AvgIpc) is 2.44. The van der Waals surface area contributed by atoms with Crippen molar-refractivity contribution in [1.82, 2.24) is 0 Å². The number of hydrogen-bond donors (Lipinski definition) is 1. The Hall–Kier alpha value is -1.63. The minimum atomic E-state index is -0.786. The first-order valence-corrected chi connectivity index (χ1v) is 7.12. The lowest BCUT2D eigenvalue weighted by molar-refractivity contribution is -0.122. The van der Waals surface area contributed by atoms with Gasteiger partial charge in [-0.05, 0) is 65.9 Å². The quantitative estimate of drug-likeness (QED) is 0.813. The van der Waals surface area contributed by atoms with E-state index < -0.39 is 11.9 Å².